The van der Waals surface area contributed by atoms with Gasteiger partial charge in [0.2, 0.25) is 0 Å². The fourth-order valence-electron chi connectivity index (χ4n) is 3.82. The van der Waals surface area contributed by atoms with E-state index >= 15 is 0 Å². The Morgan fingerprint density at radius 1 is 1.03 bits per heavy atom. The Bertz CT molecular complexity index is 876. The van der Waals surface area contributed by atoms with Gasteiger partial charge in [0.25, 0.3) is 5.91 Å². The third-order valence-corrected chi connectivity index (χ3v) is 5.38. The van der Waals surface area contributed by atoms with Crippen molar-refractivity contribution in [3.05, 3.63) is 53.2 Å². The first-order chi connectivity index (χ1) is 14.4. The van der Waals surface area contributed by atoms with Crippen molar-refractivity contribution in [1.29, 1.82) is 0 Å². The average Bonchev–Trinajstić information content (AvgIpc) is 3.26. The molecule has 0 spiro atoms. The molecular formula is C24H31N3O3. The second-order valence-corrected chi connectivity index (χ2v) is 8.31. The molecule has 0 radical (unpaired) electrons. The number of nitrogens with one attached hydrogen (secondary N) is 1. The zero-order chi connectivity index (χ0) is 21.7. The van der Waals surface area contributed by atoms with Gasteiger partial charge >= 0.3 is 5.97 Å². The first kappa shape index (κ1) is 21.8. The van der Waals surface area contributed by atoms with Crippen LogP contribution in [-0.4, -0.2) is 36.6 Å². The minimum absolute atomic E-state index is 0.264. The molecule has 1 fully saturated rings. The van der Waals surface area contributed by atoms with Gasteiger partial charge in [-0.05, 0) is 47.9 Å². The van der Waals surface area contributed by atoms with Crippen LogP contribution in [0.2, 0.25) is 0 Å². The van der Waals surface area contributed by atoms with E-state index in [1.807, 2.05) is 18.2 Å². The first-order valence-corrected chi connectivity index (χ1v) is 10.7. The van der Waals surface area contributed by atoms with Gasteiger partial charge in [0, 0.05) is 25.0 Å². The molecule has 30 heavy (non-hydrogen) atoms. The highest BCUT2D eigenvalue weighted by molar-refractivity contribution is 5.98. The Kier molecular flexibility index (Phi) is 7.08. The summed E-state index contributed by atoms with van der Waals surface area (Å²) in [5.74, 6) is 0.291. The lowest BCUT2D eigenvalue weighted by Gasteiger charge is -2.20. The Balaban J connectivity index is 1.70. The zero-order valence-electron chi connectivity index (χ0n) is 18.3. The number of ether oxygens (including phenoxy) is 1. The molecule has 2 aromatic rings. The molecule has 1 amide bonds. The van der Waals surface area contributed by atoms with E-state index < -0.39 is 5.97 Å². The maximum atomic E-state index is 12.7. The molecule has 0 saturated carbocycles. The van der Waals surface area contributed by atoms with Crippen LogP contribution in [0.25, 0.3) is 0 Å². The molecule has 0 atom stereocenters. The number of hydrogen-bond acceptors (Lipinski definition) is 5. The fraction of sp³-hybridized carbons (Fsp3) is 0.458. The number of para-hydroxylation sites is 1. The lowest BCUT2D eigenvalue weighted by Crippen LogP contribution is -2.25. The summed E-state index contributed by atoms with van der Waals surface area (Å²) < 4.78 is 5.35. The molecule has 1 aliphatic heterocycles. The Labute approximate surface area is 178 Å². The van der Waals surface area contributed by atoms with Gasteiger partial charge in [0.05, 0.1) is 0 Å². The SMILES string of the molecule is CC(C)c1cccc(C(C)C)c1NC(=O)COC(=O)c1cccnc1N1CCCC1. The van der Waals surface area contributed by atoms with Crippen molar-refractivity contribution in [3.8, 4) is 0 Å². The maximum absolute atomic E-state index is 12.7. The number of esters is 1. The van der Waals surface area contributed by atoms with Crippen LogP contribution in [0.3, 0.4) is 0 Å². The molecule has 1 aliphatic rings. The molecule has 1 N–H and O–H groups in total. The Morgan fingerprint density at radius 2 is 1.67 bits per heavy atom. The molecule has 2 heterocycles. The highest BCUT2D eigenvalue weighted by Gasteiger charge is 2.22. The van der Waals surface area contributed by atoms with Crippen molar-refractivity contribution in [3.63, 3.8) is 0 Å². The monoisotopic (exact) mass is 409 g/mol. The van der Waals surface area contributed by atoms with Crippen LogP contribution in [0, 0.1) is 0 Å². The number of amides is 1. The lowest BCUT2D eigenvalue weighted by molar-refractivity contribution is -0.119. The van der Waals surface area contributed by atoms with Gasteiger partial charge in [-0.2, -0.15) is 0 Å². The van der Waals surface area contributed by atoms with Crippen molar-refractivity contribution >= 4 is 23.4 Å². The quantitative estimate of drug-likeness (QED) is 0.670. The summed E-state index contributed by atoms with van der Waals surface area (Å²) >= 11 is 0. The second kappa shape index (κ2) is 9.74. The number of benzene rings is 1. The molecule has 0 bridgehead atoms. The van der Waals surface area contributed by atoms with Gasteiger partial charge in [-0.3, -0.25) is 4.79 Å². The van der Waals surface area contributed by atoms with E-state index in [0.29, 0.717) is 11.4 Å². The third-order valence-electron chi connectivity index (χ3n) is 5.38. The maximum Gasteiger partial charge on any atom is 0.342 e. The summed E-state index contributed by atoms with van der Waals surface area (Å²) in [5, 5.41) is 2.98. The number of rotatable bonds is 7. The van der Waals surface area contributed by atoms with Crippen molar-refractivity contribution < 1.29 is 14.3 Å². The first-order valence-electron chi connectivity index (χ1n) is 10.7. The molecule has 0 unspecified atom stereocenters. The average molecular weight is 410 g/mol. The lowest BCUT2D eigenvalue weighted by atomic mass is 9.92. The van der Waals surface area contributed by atoms with Gasteiger partial charge in [-0.15, -0.1) is 0 Å². The van der Waals surface area contributed by atoms with Crippen LogP contribution in [0.4, 0.5) is 11.5 Å². The van der Waals surface area contributed by atoms with Crippen LogP contribution < -0.4 is 10.2 Å². The Hall–Kier alpha value is -2.89. The van der Waals surface area contributed by atoms with E-state index in [1.165, 1.54) is 0 Å². The van der Waals surface area contributed by atoms with Crippen LogP contribution in [0.15, 0.2) is 36.5 Å². The number of carbonyl (C=O) groups is 2. The van der Waals surface area contributed by atoms with Crippen LogP contribution in [-0.2, 0) is 9.53 Å². The molecule has 1 saturated heterocycles. The normalized spacial score (nSPS) is 13.7. The molecule has 0 aliphatic carbocycles. The van der Waals surface area contributed by atoms with E-state index in [9.17, 15) is 9.59 Å². The van der Waals surface area contributed by atoms with Gasteiger partial charge in [-0.1, -0.05) is 45.9 Å². The predicted octanol–water partition coefficient (Wildman–Crippen LogP) is 4.72. The summed E-state index contributed by atoms with van der Waals surface area (Å²) in [6.07, 6.45) is 3.84. The standard InChI is InChI=1S/C24H31N3O3/c1-16(2)18-9-7-10-19(17(3)4)22(18)26-21(28)15-30-24(29)20-11-8-12-25-23(20)27-13-5-6-14-27/h7-12,16-17H,5-6,13-15H2,1-4H3,(H,26,28). The molecule has 6 nitrogen and oxygen atoms in total. The largest absolute Gasteiger partial charge is 0.452 e. The van der Waals surface area contributed by atoms with E-state index in [2.05, 4.69) is 42.9 Å². The summed E-state index contributed by atoms with van der Waals surface area (Å²) in [5.41, 5.74) is 3.37. The minimum atomic E-state index is -0.527. The number of hydrogen-bond donors (Lipinski definition) is 1. The van der Waals surface area contributed by atoms with Crippen LogP contribution in [0.5, 0.6) is 0 Å². The van der Waals surface area contributed by atoms with Gasteiger partial charge in [0.15, 0.2) is 6.61 Å². The van der Waals surface area contributed by atoms with E-state index in [-0.39, 0.29) is 24.3 Å². The Morgan fingerprint density at radius 3 is 2.27 bits per heavy atom. The summed E-state index contributed by atoms with van der Waals surface area (Å²) in [6, 6.07) is 9.48. The number of carbonyl (C=O) groups excluding carboxylic acids is 2. The number of pyridine rings is 1. The summed E-state index contributed by atoms with van der Waals surface area (Å²) in [6.45, 7) is 9.80. The summed E-state index contributed by atoms with van der Waals surface area (Å²) in [4.78, 5) is 31.7. The molecule has 6 heteroatoms. The van der Waals surface area contributed by atoms with Crippen LogP contribution >= 0.6 is 0 Å². The molecule has 1 aromatic carbocycles. The van der Waals surface area contributed by atoms with Gasteiger partial charge in [0.1, 0.15) is 11.4 Å². The van der Waals surface area contributed by atoms with Crippen molar-refractivity contribution in [2.24, 2.45) is 0 Å². The summed E-state index contributed by atoms with van der Waals surface area (Å²) in [7, 11) is 0. The van der Waals surface area contributed by atoms with E-state index in [0.717, 1.165) is 42.7 Å². The molecular weight excluding hydrogens is 378 g/mol. The minimum Gasteiger partial charge on any atom is -0.452 e. The predicted molar refractivity (Wildman–Crippen MR) is 119 cm³/mol. The highest BCUT2D eigenvalue weighted by Crippen LogP contribution is 2.32. The van der Waals surface area contributed by atoms with Crippen molar-refractivity contribution in [2.45, 2.75) is 52.4 Å². The van der Waals surface area contributed by atoms with Gasteiger partial charge in [-0.25, -0.2) is 9.78 Å². The third kappa shape index (κ3) is 4.99. The van der Waals surface area contributed by atoms with Crippen molar-refractivity contribution in [1.82, 2.24) is 4.98 Å². The topological polar surface area (TPSA) is 71.5 Å². The molecule has 160 valence electrons. The van der Waals surface area contributed by atoms with Crippen molar-refractivity contribution in [2.75, 3.05) is 29.9 Å². The fourth-order valence-corrected chi connectivity index (χ4v) is 3.82. The highest BCUT2D eigenvalue weighted by atomic mass is 16.5. The number of nitrogens with zero attached hydrogens (tertiary/aromatic N) is 2. The number of aromatic nitrogens is 1. The zero-order valence-corrected chi connectivity index (χ0v) is 18.3. The van der Waals surface area contributed by atoms with E-state index in [1.54, 1.807) is 18.3 Å². The van der Waals surface area contributed by atoms with Crippen LogP contribution in [0.1, 0.15) is 73.9 Å². The van der Waals surface area contributed by atoms with E-state index in [4.69, 9.17) is 4.74 Å². The number of anilines is 2. The molecule has 1 aromatic heterocycles. The second-order valence-electron chi connectivity index (χ2n) is 8.31. The molecule has 3 rings (SSSR count). The van der Waals surface area contributed by atoms with Gasteiger partial charge < -0.3 is 15.0 Å². The smallest absolute Gasteiger partial charge is 0.342 e.